The number of nitrogens with one attached hydrogen (secondary N) is 1. The topological polar surface area (TPSA) is 21.3 Å². The van der Waals surface area contributed by atoms with Gasteiger partial charge in [0.1, 0.15) is 12.4 Å². The number of hydrogen-bond donors (Lipinski definition) is 1. The van der Waals surface area contributed by atoms with Crippen LogP contribution in [0.5, 0.6) is 5.75 Å². The molecule has 0 atom stereocenters. The molecule has 1 N–H and O–H groups in total. The second-order valence-electron chi connectivity index (χ2n) is 4.23. The zero-order chi connectivity index (χ0) is 12.6. The maximum atomic E-state index is 5.72. The molecular weight excluding hydrogens is 222 g/mol. The summed E-state index contributed by atoms with van der Waals surface area (Å²) in [6, 6.07) is 18.3. The highest BCUT2D eigenvalue weighted by atomic mass is 16.5. The Hall–Kier alpha value is -1.96. The van der Waals surface area contributed by atoms with Gasteiger partial charge < -0.3 is 10.1 Å². The zero-order valence-corrected chi connectivity index (χ0v) is 10.7. The fourth-order valence-corrected chi connectivity index (χ4v) is 1.68. The molecule has 2 aromatic carbocycles. The van der Waals surface area contributed by atoms with Crippen molar-refractivity contribution in [3.8, 4) is 5.75 Å². The summed E-state index contributed by atoms with van der Waals surface area (Å²) in [5, 5.41) is 3.34. The summed E-state index contributed by atoms with van der Waals surface area (Å²) in [4.78, 5) is 0. The molecule has 94 valence electrons. The molecule has 0 heterocycles. The van der Waals surface area contributed by atoms with Gasteiger partial charge in [-0.15, -0.1) is 0 Å². The Balaban J connectivity index is 1.86. The van der Waals surface area contributed by atoms with Gasteiger partial charge >= 0.3 is 0 Å². The minimum Gasteiger partial charge on any atom is -0.489 e. The third-order valence-electron chi connectivity index (χ3n) is 2.68. The van der Waals surface area contributed by atoms with Gasteiger partial charge in [-0.05, 0) is 36.2 Å². The standard InChI is InChI=1S/C16H19NO/c1-2-12-17-15-8-10-16(11-9-15)18-13-14-6-4-3-5-7-14/h3-11,17H,2,12-13H2,1H3. The molecule has 0 radical (unpaired) electrons. The number of rotatable bonds is 6. The normalized spacial score (nSPS) is 10.1. The van der Waals surface area contributed by atoms with Crippen molar-refractivity contribution in [2.75, 3.05) is 11.9 Å². The molecule has 0 saturated heterocycles. The van der Waals surface area contributed by atoms with E-state index in [4.69, 9.17) is 4.74 Å². The van der Waals surface area contributed by atoms with E-state index in [9.17, 15) is 0 Å². The molecule has 0 spiro atoms. The van der Waals surface area contributed by atoms with Crippen molar-refractivity contribution in [2.24, 2.45) is 0 Å². The second-order valence-corrected chi connectivity index (χ2v) is 4.23. The molecule has 0 saturated carbocycles. The van der Waals surface area contributed by atoms with Crippen LogP contribution in [0.3, 0.4) is 0 Å². The number of ether oxygens (including phenoxy) is 1. The Morgan fingerprint density at radius 3 is 2.33 bits per heavy atom. The summed E-state index contributed by atoms with van der Waals surface area (Å²) in [5.74, 6) is 0.904. The minimum atomic E-state index is 0.614. The van der Waals surface area contributed by atoms with Crippen LogP contribution >= 0.6 is 0 Å². The third kappa shape index (κ3) is 3.81. The van der Waals surface area contributed by atoms with Crippen molar-refractivity contribution in [3.63, 3.8) is 0 Å². The fourth-order valence-electron chi connectivity index (χ4n) is 1.68. The number of benzene rings is 2. The molecule has 2 rings (SSSR count). The maximum Gasteiger partial charge on any atom is 0.119 e. The van der Waals surface area contributed by atoms with Crippen LogP contribution in [0.2, 0.25) is 0 Å². The van der Waals surface area contributed by atoms with Crippen LogP contribution in [0.4, 0.5) is 5.69 Å². The summed E-state index contributed by atoms with van der Waals surface area (Å²) in [6.07, 6.45) is 1.13. The average Bonchev–Trinajstić information content (AvgIpc) is 2.45. The molecule has 0 aliphatic heterocycles. The van der Waals surface area contributed by atoms with Gasteiger partial charge in [0.25, 0.3) is 0 Å². The van der Waals surface area contributed by atoms with Gasteiger partial charge in [0.2, 0.25) is 0 Å². The molecule has 2 nitrogen and oxygen atoms in total. The first-order chi connectivity index (χ1) is 8.88. The van der Waals surface area contributed by atoms with Crippen LogP contribution in [0.25, 0.3) is 0 Å². The molecule has 2 aromatic rings. The van der Waals surface area contributed by atoms with Crippen LogP contribution in [0.1, 0.15) is 18.9 Å². The van der Waals surface area contributed by atoms with E-state index in [0.29, 0.717) is 6.61 Å². The Morgan fingerprint density at radius 2 is 1.67 bits per heavy atom. The minimum absolute atomic E-state index is 0.614. The van der Waals surface area contributed by atoms with Crippen LogP contribution in [0, 0.1) is 0 Å². The summed E-state index contributed by atoms with van der Waals surface area (Å²) in [5.41, 5.74) is 2.33. The van der Waals surface area contributed by atoms with Gasteiger partial charge in [0, 0.05) is 12.2 Å². The van der Waals surface area contributed by atoms with E-state index >= 15 is 0 Å². The van der Waals surface area contributed by atoms with Crippen LogP contribution < -0.4 is 10.1 Å². The lowest BCUT2D eigenvalue weighted by Gasteiger charge is -2.08. The summed E-state index contributed by atoms with van der Waals surface area (Å²) in [6.45, 7) is 3.77. The van der Waals surface area contributed by atoms with Crippen molar-refractivity contribution in [2.45, 2.75) is 20.0 Å². The van der Waals surface area contributed by atoms with Gasteiger partial charge in [0.05, 0.1) is 0 Å². The van der Waals surface area contributed by atoms with E-state index in [1.165, 1.54) is 5.56 Å². The fraction of sp³-hybridized carbons (Fsp3) is 0.250. The first kappa shape index (κ1) is 12.5. The van der Waals surface area contributed by atoms with Crippen LogP contribution in [0.15, 0.2) is 54.6 Å². The van der Waals surface area contributed by atoms with Crippen molar-refractivity contribution in [3.05, 3.63) is 60.2 Å². The highest BCUT2D eigenvalue weighted by molar-refractivity contribution is 5.46. The smallest absolute Gasteiger partial charge is 0.119 e. The molecule has 0 bridgehead atoms. The Kier molecular flexibility index (Phi) is 4.65. The quantitative estimate of drug-likeness (QED) is 0.822. The lowest BCUT2D eigenvalue weighted by molar-refractivity contribution is 0.306. The lowest BCUT2D eigenvalue weighted by Crippen LogP contribution is -1.99. The van der Waals surface area contributed by atoms with Gasteiger partial charge in [-0.25, -0.2) is 0 Å². The van der Waals surface area contributed by atoms with Crippen molar-refractivity contribution in [1.29, 1.82) is 0 Å². The zero-order valence-electron chi connectivity index (χ0n) is 10.7. The maximum absolute atomic E-state index is 5.72. The predicted octanol–water partition coefficient (Wildman–Crippen LogP) is 4.09. The molecule has 0 amide bonds. The van der Waals surface area contributed by atoms with E-state index < -0.39 is 0 Å². The lowest BCUT2D eigenvalue weighted by atomic mass is 10.2. The highest BCUT2D eigenvalue weighted by Crippen LogP contribution is 2.16. The highest BCUT2D eigenvalue weighted by Gasteiger charge is 1.96. The van der Waals surface area contributed by atoms with Gasteiger partial charge in [-0.3, -0.25) is 0 Å². The Morgan fingerprint density at radius 1 is 0.944 bits per heavy atom. The van der Waals surface area contributed by atoms with Crippen LogP contribution in [-0.4, -0.2) is 6.54 Å². The average molecular weight is 241 g/mol. The molecule has 0 fully saturated rings. The van der Waals surface area contributed by atoms with Crippen molar-refractivity contribution < 1.29 is 4.74 Å². The van der Waals surface area contributed by atoms with Gasteiger partial charge in [-0.2, -0.15) is 0 Å². The largest absolute Gasteiger partial charge is 0.489 e. The second kappa shape index (κ2) is 6.70. The summed E-state index contributed by atoms with van der Waals surface area (Å²) in [7, 11) is 0. The van der Waals surface area contributed by atoms with E-state index in [2.05, 4.69) is 36.5 Å². The van der Waals surface area contributed by atoms with Crippen molar-refractivity contribution in [1.82, 2.24) is 0 Å². The van der Waals surface area contributed by atoms with E-state index in [-0.39, 0.29) is 0 Å². The molecule has 0 aromatic heterocycles. The van der Waals surface area contributed by atoms with Gasteiger partial charge in [0.15, 0.2) is 0 Å². The first-order valence-corrected chi connectivity index (χ1v) is 6.39. The SMILES string of the molecule is CCCNc1ccc(OCc2ccccc2)cc1. The molecular formula is C16H19NO. The Bertz CT molecular complexity index is 450. The summed E-state index contributed by atoms with van der Waals surface area (Å²) < 4.78 is 5.72. The predicted molar refractivity (Wildman–Crippen MR) is 76.0 cm³/mol. The molecule has 0 unspecified atom stereocenters. The molecule has 2 heteroatoms. The van der Waals surface area contributed by atoms with Gasteiger partial charge in [-0.1, -0.05) is 37.3 Å². The summed E-state index contributed by atoms with van der Waals surface area (Å²) >= 11 is 0. The molecule has 0 aliphatic rings. The monoisotopic (exact) mass is 241 g/mol. The van der Waals surface area contributed by atoms with E-state index in [0.717, 1.165) is 24.4 Å². The third-order valence-corrected chi connectivity index (χ3v) is 2.68. The van der Waals surface area contributed by atoms with E-state index in [1.807, 2.05) is 30.3 Å². The number of hydrogen-bond acceptors (Lipinski definition) is 2. The first-order valence-electron chi connectivity index (χ1n) is 6.39. The molecule has 0 aliphatic carbocycles. The van der Waals surface area contributed by atoms with Crippen molar-refractivity contribution >= 4 is 5.69 Å². The number of anilines is 1. The van der Waals surface area contributed by atoms with E-state index in [1.54, 1.807) is 0 Å². The Labute approximate surface area is 109 Å². The molecule has 18 heavy (non-hydrogen) atoms. The van der Waals surface area contributed by atoms with Crippen LogP contribution in [-0.2, 0) is 6.61 Å².